The highest BCUT2D eigenvalue weighted by Crippen LogP contribution is 2.26. The van der Waals surface area contributed by atoms with E-state index in [2.05, 4.69) is 15.5 Å². The average Bonchev–Trinajstić information content (AvgIpc) is 3.28. The first kappa shape index (κ1) is 22.5. The fourth-order valence-corrected chi connectivity index (χ4v) is 5.18. The van der Waals surface area contributed by atoms with Crippen molar-refractivity contribution in [1.82, 2.24) is 14.5 Å². The number of rotatable bonds is 7. The third kappa shape index (κ3) is 5.36. The average molecular weight is 475 g/mol. The number of nitrogens with zero attached hydrogens (tertiary/aromatic N) is 3. The quantitative estimate of drug-likeness (QED) is 0.520. The topological polar surface area (TPSA) is 115 Å². The molecule has 1 amide bonds. The molecular weight excluding hydrogens is 452 g/mol. The molecule has 4 rings (SSSR count). The van der Waals surface area contributed by atoms with Gasteiger partial charge in [-0.1, -0.05) is 30.0 Å². The van der Waals surface area contributed by atoms with Crippen molar-refractivity contribution in [2.24, 2.45) is 0 Å². The van der Waals surface area contributed by atoms with Gasteiger partial charge in [0.1, 0.15) is 0 Å². The van der Waals surface area contributed by atoms with Crippen molar-refractivity contribution in [3.8, 4) is 11.5 Å². The number of hydrogen-bond acceptors (Lipinski definition) is 8. The van der Waals surface area contributed by atoms with Crippen molar-refractivity contribution in [2.75, 3.05) is 37.4 Å². The SMILES string of the molecule is Cc1cccc(NC(=O)CSc2nnc(-c3cccc(S(=O)(=O)N4CCOCC4)c3)o2)c1. The van der Waals surface area contributed by atoms with Gasteiger partial charge in [-0.2, -0.15) is 4.31 Å². The summed E-state index contributed by atoms with van der Waals surface area (Å²) in [6.45, 7) is 3.34. The molecule has 0 saturated carbocycles. The van der Waals surface area contributed by atoms with Gasteiger partial charge < -0.3 is 14.5 Å². The van der Waals surface area contributed by atoms with Crippen LogP contribution in [0.25, 0.3) is 11.5 Å². The molecule has 1 aliphatic rings. The predicted molar refractivity (Wildman–Crippen MR) is 120 cm³/mol. The van der Waals surface area contributed by atoms with Crippen LogP contribution < -0.4 is 5.32 Å². The van der Waals surface area contributed by atoms with Crippen LogP contribution in [0.4, 0.5) is 5.69 Å². The largest absolute Gasteiger partial charge is 0.411 e. The molecule has 32 heavy (non-hydrogen) atoms. The second-order valence-corrected chi connectivity index (χ2v) is 9.99. The standard InChI is InChI=1S/C21H22N4O5S2/c1-15-4-2-6-17(12-15)22-19(26)14-31-21-24-23-20(30-21)16-5-3-7-18(13-16)32(27,28)25-8-10-29-11-9-25/h2-7,12-13H,8-11,14H2,1H3,(H,22,26). The summed E-state index contributed by atoms with van der Waals surface area (Å²) in [4.78, 5) is 12.3. The number of aromatic nitrogens is 2. The highest BCUT2D eigenvalue weighted by Gasteiger charge is 2.27. The molecule has 1 aliphatic heterocycles. The molecule has 11 heteroatoms. The Hall–Kier alpha value is -2.73. The number of amides is 1. The van der Waals surface area contributed by atoms with Gasteiger partial charge in [-0.15, -0.1) is 10.2 Å². The number of sulfonamides is 1. The minimum atomic E-state index is -3.63. The number of carbonyl (C=O) groups excluding carboxylic acids is 1. The minimum absolute atomic E-state index is 0.0982. The number of hydrogen-bond donors (Lipinski definition) is 1. The van der Waals surface area contributed by atoms with Gasteiger partial charge in [-0.05, 0) is 42.8 Å². The van der Waals surface area contributed by atoms with E-state index in [4.69, 9.17) is 9.15 Å². The molecule has 2 aromatic carbocycles. The summed E-state index contributed by atoms with van der Waals surface area (Å²) in [5.41, 5.74) is 2.26. The predicted octanol–water partition coefficient (Wildman–Crippen LogP) is 2.80. The highest BCUT2D eigenvalue weighted by atomic mass is 32.2. The molecule has 1 saturated heterocycles. The molecule has 3 aromatic rings. The van der Waals surface area contributed by atoms with Crippen LogP contribution in [0.1, 0.15) is 5.56 Å². The van der Waals surface area contributed by atoms with Crippen LogP contribution >= 0.6 is 11.8 Å². The van der Waals surface area contributed by atoms with Crippen LogP contribution in [0.5, 0.6) is 0 Å². The monoisotopic (exact) mass is 474 g/mol. The summed E-state index contributed by atoms with van der Waals surface area (Å²) in [5.74, 6) is 0.0886. The van der Waals surface area contributed by atoms with Gasteiger partial charge >= 0.3 is 0 Å². The molecule has 0 atom stereocenters. The zero-order valence-electron chi connectivity index (χ0n) is 17.4. The molecule has 2 heterocycles. The van der Waals surface area contributed by atoms with E-state index in [1.165, 1.54) is 16.4 Å². The first-order valence-electron chi connectivity index (χ1n) is 9.93. The van der Waals surface area contributed by atoms with E-state index in [0.717, 1.165) is 23.0 Å². The summed E-state index contributed by atoms with van der Waals surface area (Å²) in [6, 6.07) is 13.9. The zero-order chi connectivity index (χ0) is 22.6. The molecule has 0 unspecified atom stereocenters. The lowest BCUT2D eigenvalue weighted by molar-refractivity contribution is -0.113. The number of benzene rings is 2. The maximum absolute atomic E-state index is 12.9. The van der Waals surface area contributed by atoms with Gasteiger partial charge in [-0.3, -0.25) is 4.79 Å². The number of carbonyl (C=O) groups is 1. The lowest BCUT2D eigenvalue weighted by Gasteiger charge is -2.26. The third-order valence-electron chi connectivity index (χ3n) is 4.72. The van der Waals surface area contributed by atoms with Crippen LogP contribution in [-0.2, 0) is 19.6 Å². The molecule has 1 fully saturated rings. The van der Waals surface area contributed by atoms with Crippen molar-refractivity contribution in [2.45, 2.75) is 17.0 Å². The molecule has 1 aromatic heterocycles. The van der Waals surface area contributed by atoms with Gasteiger partial charge in [0.2, 0.25) is 21.8 Å². The number of anilines is 1. The van der Waals surface area contributed by atoms with Crippen molar-refractivity contribution in [3.63, 3.8) is 0 Å². The van der Waals surface area contributed by atoms with Crippen LogP contribution in [-0.4, -0.2) is 60.9 Å². The van der Waals surface area contributed by atoms with E-state index in [1.807, 2.05) is 31.2 Å². The Morgan fingerprint density at radius 3 is 2.69 bits per heavy atom. The Morgan fingerprint density at radius 2 is 1.91 bits per heavy atom. The normalized spacial score (nSPS) is 14.9. The van der Waals surface area contributed by atoms with Crippen LogP contribution in [0, 0.1) is 6.92 Å². The molecule has 9 nitrogen and oxygen atoms in total. The van der Waals surface area contributed by atoms with Gasteiger partial charge in [0.05, 0.1) is 23.9 Å². The van der Waals surface area contributed by atoms with E-state index >= 15 is 0 Å². The molecule has 0 aliphatic carbocycles. The molecule has 0 bridgehead atoms. The summed E-state index contributed by atoms with van der Waals surface area (Å²) >= 11 is 1.11. The maximum Gasteiger partial charge on any atom is 0.277 e. The van der Waals surface area contributed by atoms with Gasteiger partial charge in [-0.25, -0.2) is 8.42 Å². The Morgan fingerprint density at radius 1 is 1.12 bits per heavy atom. The number of thioether (sulfide) groups is 1. The van der Waals surface area contributed by atoms with Crippen molar-refractivity contribution in [1.29, 1.82) is 0 Å². The van der Waals surface area contributed by atoms with E-state index in [9.17, 15) is 13.2 Å². The Balaban J connectivity index is 1.41. The van der Waals surface area contributed by atoms with Crippen molar-refractivity contribution >= 4 is 33.4 Å². The number of nitrogens with one attached hydrogen (secondary N) is 1. The molecule has 1 N–H and O–H groups in total. The minimum Gasteiger partial charge on any atom is -0.411 e. The van der Waals surface area contributed by atoms with Crippen molar-refractivity contribution < 1.29 is 22.4 Å². The smallest absolute Gasteiger partial charge is 0.277 e. The van der Waals surface area contributed by atoms with Gasteiger partial charge in [0.25, 0.3) is 5.22 Å². The molecule has 0 spiro atoms. The highest BCUT2D eigenvalue weighted by molar-refractivity contribution is 7.99. The van der Waals surface area contributed by atoms with E-state index in [0.29, 0.717) is 31.9 Å². The summed E-state index contributed by atoms with van der Waals surface area (Å²) in [5, 5.41) is 11.0. The summed E-state index contributed by atoms with van der Waals surface area (Å²) < 4.78 is 38.0. The fraction of sp³-hybridized carbons (Fsp3) is 0.286. The molecule has 0 radical (unpaired) electrons. The molecular formula is C21H22N4O5S2. The first-order chi connectivity index (χ1) is 15.4. The second kappa shape index (κ2) is 9.82. The Kier molecular flexibility index (Phi) is 6.89. The maximum atomic E-state index is 12.9. The van der Waals surface area contributed by atoms with E-state index in [1.54, 1.807) is 12.1 Å². The summed E-state index contributed by atoms with van der Waals surface area (Å²) in [6.07, 6.45) is 0. The van der Waals surface area contributed by atoms with Crippen molar-refractivity contribution in [3.05, 3.63) is 54.1 Å². The number of aryl methyl sites for hydroxylation is 1. The Labute approximate surface area is 190 Å². The lowest BCUT2D eigenvalue weighted by atomic mass is 10.2. The fourth-order valence-electron chi connectivity index (χ4n) is 3.16. The zero-order valence-corrected chi connectivity index (χ0v) is 19.0. The van der Waals surface area contributed by atoms with Crippen LogP contribution in [0.15, 0.2) is 63.1 Å². The molecule has 168 valence electrons. The van der Waals surface area contributed by atoms with Crippen LogP contribution in [0.3, 0.4) is 0 Å². The van der Waals surface area contributed by atoms with Gasteiger partial charge in [0, 0.05) is 24.3 Å². The Bertz CT molecular complexity index is 1210. The first-order valence-corrected chi connectivity index (χ1v) is 12.4. The lowest BCUT2D eigenvalue weighted by Crippen LogP contribution is -2.40. The number of ether oxygens (including phenoxy) is 1. The van der Waals surface area contributed by atoms with E-state index in [-0.39, 0.29) is 27.7 Å². The third-order valence-corrected chi connectivity index (χ3v) is 7.44. The van der Waals surface area contributed by atoms with Crippen LogP contribution in [0.2, 0.25) is 0 Å². The second-order valence-electron chi connectivity index (χ2n) is 7.12. The summed E-state index contributed by atoms with van der Waals surface area (Å²) in [7, 11) is -3.63. The van der Waals surface area contributed by atoms with E-state index < -0.39 is 10.0 Å². The number of morpholine rings is 1. The van der Waals surface area contributed by atoms with Gasteiger partial charge in [0.15, 0.2) is 0 Å².